The summed E-state index contributed by atoms with van der Waals surface area (Å²) in [5.74, 6) is 0.989. The van der Waals surface area contributed by atoms with E-state index in [0.29, 0.717) is 29.6 Å². The van der Waals surface area contributed by atoms with Crippen molar-refractivity contribution in [3.05, 3.63) is 101 Å². The molecule has 4 rings (SSSR count). The number of piperidine rings is 1. The Hall–Kier alpha value is -3.44. The number of hydrogen-bond acceptors (Lipinski definition) is 5. The van der Waals surface area contributed by atoms with E-state index in [4.69, 9.17) is 4.74 Å². The monoisotopic (exact) mass is 513 g/mol. The van der Waals surface area contributed by atoms with Gasteiger partial charge in [-0.2, -0.15) is 0 Å². The van der Waals surface area contributed by atoms with Gasteiger partial charge in [-0.3, -0.25) is 9.59 Å². The predicted molar refractivity (Wildman–Crippen MR) is 151 cm³/mol. The zero-order valence-corrected chi connectivity index (χ0v) is 22.7. The molecule has 1 N–H and O–H groups in total. The maximum Gasteiger partial charge on any atom is 0.315 e. The lowest BCUT2D eigenvalue weighted by atomic mass is 9.76. The van der Waals surface area contributed by atoms with Gasteiger partial charge in [-0.25, -0.2) is 0 Å². The number of Topliss-reactive ketones (excluding diaryl/α,β-unsaturated/α-hetero) is 1. The number of nitrogens with zero attached hydrogens (tertiary/aromatic N) is 1. The van der Waals surface area contributed by atoms with E-state index in [-0.39, 0.29) is 11.8 Å². The number of methoxy groups -OCH3 is 1. The molecule has 1 heterocycles. The van der Waals surface area contributed by atoms with Crippen LogP contribution in [0.4, 0.5) is 0 Å². The van der Waals surface area contributed by atoms with Crippen LogP contribution in [0.25, 0.3) is 0 Å². The summed E-state index contributed by atoms with van der Waals surface area (Å²) in [7, 11) is 1.39. The molecule has 38 heavy (non-hydrogen) atoms. The molecule has 1 fully saturated rings. The number of benzene rings is 3. The minimum absolute atomic E-state index is 0.138. The molecule has 3 aromatic carbocycles. The van der Waals surface area contributed by atoms with E-state index in [1.165, 1.54) is 18.2 Å². The summed E-state index contributed by atoms with van der Waals surface area (Å²) in [5, 5.41) is 9.77. The Morgan fingerprint density at radius 2 is 1.53 bits per heavy atom. The van der Waals surface area contributed by atoms with Crippen LogP contribution in [0, 0.1) is 5.92 Å². The van der Waals surface area contributed by atoms with Crippen molar-refractivity contribution < 1.29 is 19.4 Å². The fourth-order valence-corrected chi connectivity index (χ4v) is 5.64. The first-order valence-electron chi connectivity index (χ1n) is 13.6. The molecule has 1 unspecified atom stereocenters. The third-order valence-electron chi connectivity index (χ3n) is 8.02. The van der Waals surface area contributed by atoms with Gasteiger partial charge in [-0.05, 0) is 87.5 Å². The van der Waals surface area contributed by atoms with Crippen molar-refractivity contribution in [3.63, 3.8) is 0 Å². The van der Waals surface area contributed by atoms with Crippen molar-refractivity contribution in [1.82, 2.24) is 4.90 Å². The molecular formula is C33H39NO4. The van der Waals surface area contributed by atoms with Crippen molar-refractivity contribution in [3.8, 4) is 5.75 Å². The van der Waals surface area contributed by atoms with Gasteiger partial charge in [0.25, 0.3) is 0 Å². The second kappa shape index (κ2) is 12.4. The molecule has 0 saturated carbocycles. The van der Waals surface area contributed by atoms with Crippen LogP contribution in [-0.4, -0.2) is 48.5 Å². The van der Waals surface area contributed by atoms with Crippen molar-refractivity contribution in [2.45, 2.75) is 50.9 Å². The number of aromatic hydroxyl groups is 1. The molecule has 0 aromatic heterocycles. The van der Waals surface area contributed by atoms with Gasteiger partial charge in [0.1, 0.15) is 5.75 Å². The van der Waals surface area contributed by atoms with Crippen molar-refractivity contribution in [2.24, 2.45) is 5.92 Å². The van der Waals surface area contributed by atoms with Gasteiger partial charge in [0, 0.05) is 17.9 Å². The molecule has 0 radical (unpaired) electrons. The molecule has 200 valence electrons. The first kappa shape index (κ1) is 27.6. The number of ketones is 1. The summed E-state index contributed by atoms with van der Waals surface area (Å²) >= 11 is 0. The lowest BCUT2D eigenvalue weighted by molar-refractivity contribution is -0.146. The number of phenolic OH excluding ortho intramolecular Hbond substituents is 1. The highest BCUT2D eigenvalue weighted by Gasteiger charge is 2.31. The Balaban J connectivity index is 1.29. The van der Waals surface area contributed by atoms with Crippen LogP contribution in [0.1, 0.15) is 72.5 Å². The summed E-state index contributed by atoms with van der Waals surface area (Å²) in [6.45, 7) is 6.62. The van der Waals surface area contributed by atoms with Crippen LogP contribution >= 0.6 is 0 Å². The molecule has 1 saturated heterocycles. The summed E-state index contributed by atoms with van der Waals surface area (Å²) in [6.07, 6.45) is 3.55. The van der Waals surface area contributed by atoms with Gasteiger partial charge in [0.05, 0.1) is 12.5 Å². The normalized spacial score (nSPS) is 15.7. The van der Waals surface area contributed by atoms with Crippen LogP contribution in [0.15, 0.2) is 78.9 Å². The number of ether oxygens (including phenoxy) is 1. The summed E-state index contributed by atoms with van der Waals surface area (Å²) < 4.78 is 4.91. The number of rotatable bonds is 10. The van der Waals surface area contributed by atoms with Gasteiger partial charge < -0.3 is 14.7 Å². The fraction of sp³-hybridized carbons (Fsp3) is 0.394. The molecule has 1 aliphatic rings. The summed E-state index contributed by atoms with van der Waals surface area (Å²) in [5.41, 5.74) is 3.35. The van der Waals surface area contributed by atoms with Gasteiger partial charge in [-0.15, -0.1) is 0 Å². The smallest absolute Gasteiger partial charge is 0.315 e. The van der Waals surface area contributed by atoms with Crippen LogP contribution < -0.4 is 0 Å². The molecule has 0 spiro atoms. The highest BCUT2D eigenvalue weighted by Crippen LogP contribution is 2.38. The Morgan fingerprint density at radius 1 is 0.921 bits per heavy atom. The number of likely N-dealkylation sites (tertiary alicyclic amines) is 1. The zero-order chi connectivity index (χ0) is 27.1. The minimum Gasteiger partial charge on any atom is -0.508 e. The largest absolute Gasteiger partial charge is 0.508 e. The van der Waals surface area contributed by atoms with Crippen LogP contribution in [0.5, 0.6) is 5.75 Å². The SMILES string of the molecule is COC(=O)C(C)(C)c1ccc(C(=O)CCCN2CCC(C(c3ccccc3)c3ccc(O)cc3)CC2)cc1. The standard InChI is InChI=1S/C33H39NO4/c1-33(2,32(37)38-3)28-15-11-24(12-16-28)30(36)10-7-21-34-22-19-27(20-23-34)31(25-8-5-4-6-9-25)26-13-17-29(35)18-14-26/h4-6,8-9,11-18,27,31,35H,7,10,19-23H2,1-3H3. The first-order valence-corrected chi connectivity index (χ1v) is 13.6. The number of phenols is 1. The van der Waals surface area contributed by atoms with Crippen LogP contribution in [-0.2, 0) is 14.9 Å². The molecule has 0 bridgehead atoms. The molecule has 1 aliphatic heterocycles. The van der Waals surface area contributed by atoms with Gasteiger partial charge >= 0.3 is 5.97 Å². The summed E-state index contributed by atoms with van der Waals surface area (Å²) in [6, 6.07) is 25.7. The molecule has 5 heteroatoms. The first-order chi connectivity index (χ1) is 18.3. The van der Waals surface area contributed by atoms with Crippen LogP contribution in [0.2, 0.25) is 0 Å². The van der Waals surface area contributed by atoms with Gasteiger partial charge in [-0.1, -0.05) is 66.7 Å². The fourth-order valence-electron chi connectivity index (χ4n) is 5.64. The highest BCUT2D eigenvalue weighted by atomic mass is 16.5. The van der Waals surface area contributed by atoms with Crippen LogP contribution in [0.3, 0.4) is 0 Å². The molecule has 1 atom stereocenters. The second-order valence-corrected chi connectivity index (χ2v) is 10.9. The van der Waals surface area contributed by atoms with E-state index < -0.39 is 5.41 Å². The number of carbonyl (C=O) groups is 2. The van der Waals surface area contributed by atoms with Gasteiger partial charge in [0.15, 0.2) is 5.78 Å². The number of esters is 1. The third-order valence-corrected chi connectivity index (χ3v) is 8.02. The van der Waals surface area contributed by atoms with Crippen molar-refractivity contribution in [1.29, 1.82) is 0 Å². The average Bonchev–Trinajstić information content (AvgIpc) is 2.95. The Bertz CT molecular complexity index is 1190. The van der Waals surface area contributed by atoms with E-state index in [2.05, 4.69) is 35.2 Å². The molecule has 0 aliphatic carbocycles. The maximum atomic E-state index is 12.8. The average molecular weight is 514 g/mol. The zero-order valence-electron chi connectivity index (χ0n) is 22.7. The summed E-state index contributed by atoms with van der Waals surface area (Å²) in [4.78, 5) is 27.3. The predicted octanol–water partition coefficient (Wildman–Crippen LogP) is 6.35. The quantitative estimate of drug-likeness (QED) is 0.253. The van der Waals surface area contributed by atoms with Crippen molar-refractivity contribution >= 4 is 11.8 Å². The lowest BCUT2D eigenvalue weighted by Gasteiger charge is -2.36. The number of hydrogen-bond donors (Lipinski definition) is 1. The maximum absolute atomic E-state index is 12.8. The Labute approximate surface area is 226 Å². The lowest BCUT2D eigenvalue weighted by Crippen LogP contribution is -2.36. The molecule has 5 nitrogen and oxygen atoms in total. The topological polar surface area (TPSA) is 66.8 Å². The molecular weight excluding hydrogens is 474 g/mol. The van der Waals surface area contributed by atoms with E-state index >= 15 is 0 Å². The number of carbonyl (C=O) groups excluding carboxylic acids is 2. The van der Waals surface area contributed by atoms with E-state index in [1.54, 1.807) is 12.1 Å². The highest BCUT2D eigenvalue weighted by molar-refractivity contribution is 5.96. The second-order valence-electron chi connectivity index (χ2n) is 10.9. The molecule has 3 aromatic rings. The van der Waals surface area contributed by atoms with Gasteiger partial charge in [0.2, 0.25) is 0 Å². The Kier molecular flexibility index (Phi) is 9.01. The van der Waals surface area contributed by atoms with E-state index in [1.807, 2.05) is 50.2 Å². The van der Waals surface area contributed by atoms with E-state index in [0.717, 1.165) is 44.5 Å². The minimum atomic E-state index is -0.746. The Morgan fingerprint density at radius 3 is 2.13 bits per heavy atom. The third kappa shape index (κ3) is 6.51. The van der Waals surface area contributed by atoms with Crippen molar-refractivity contribution in [2.75, 3.05) is 26.7 Å². The van der Waals surface area contributed by atoms with E-state index in [9.17, 15) is 14.7 Å². The molecule has 0 amide bonds.